The van der Waals surface area contributed by atoms with Gasteiger partial charge in [-0.05, 0) is 22.0 Å². The molecule has 172 valence electrons. The molecule has 1 N–H and O–H groups in total. The topological polar surface area (TPSA) is 59.3 Å². The van der Waals surface area contributed by atoms with Crippen molar-refractivity contribution >= 4 is 17.3 Å². The van der Waals surface area contributed by atoms with E-state index in [1.165, 1.54) is 0 Å². The van der Waals surface area contributed by atoms with E-state index in [1.807, 2.05) is 45.0 Å². The fourth-order valence-corrected chi connectivity index (χ4v) is 6.01. The average molecular weight is 466 g/mol. The van der Waals surface area contributed by atoms with E-state index in [0.29, 0.717) is 15.9 Å². The number of carbonyl (C=O) groups is 1. The van der Waals surface area contributed by atoms with Crippen LogP contribution in [-0.4, -0.2) is 15.6 Å². The monoisotopic (exact) mass is 465 g/mol. The molecule has 0 spiro atoms. The zero-order valence-corrected chi connectivity index (χ0v) is 19.4. The summed E-state index contributed by atoms with van der Waals surface area (Å²) < 4.78 is 42.1. The summed E-state index contributed by atoms with van der Waals surface area (Å²) >= 11 is 0.426. The molecule has 1 heterocycles. The molecule has 32 heavy (non-hydrogen) atoms. The molecule has 1 aromatic heterocycles. The highest BCUT2D eigenvalue weighted by molar-refractivity contribution is 7.09. The predicted octanol–water partition coefficient (Wildman–Crippen LogP) is 5.30. The normalized spacial score (nSPS) is 22.4. The van der Waals surface area contributed by atoms with Gasteiger partial charge in [-0.15, -0.1) is 6.42 Å². The molecule has 1 fully saturated rings. The number of alkyl halides is 3. The Morgan fingerprint density at radius 3 is 2.41 bits per heavy atom. The molecule has 2 atom stereocenters. The highest BCUT2D eigenvalue weighted by Gasteiger charge is 2.76. The molecule has 8 heteroatoms. The molecule has 0 aliphatic heterocycles. The summed E-state index contributed by atoms with van der Waals surface area (Å²) in [5.41, 5.74) is -1.82. The van der Waals surface area contributed by atoms with Crippen molar-refractivity contribution in [2.24, 2.45) is 10.8 Å². The molecule has 0 radical (unpaired) electrons. The highest BCUT2D eigenvalue weighted by atomic mass is 32.1. The van der Waals surface area contributed by atoms with Gasteiger partial charge in [-0.25, -0.2) is 0 Å². The molecule has 1 saturated carbocycles. The van der Waals surface area contributed by atoms with Gasteiger partial charge in [0.2, 0.25) is 0 Å². The summed E-state index contributed by atoms with van der Waals surface area (Å²) in [6, 6.07) is 7.56. The first-order valence-corrected chi connectivity index (χ1v) is 11.0. The highest BCUT2D eigenvalue weighted by Crippen LogP contribution is 2.75. The van der Waals surface area contributed by atoms with Crippen molar-refractivity contribution in [2.45, 2.75) is 65.1 Å². The minimum atomic E-state index is -4.83. The van der Waals surface area contributed by atoms with Crippen molar-refractivity contribution in [3.63, 3.8) is 0 Å². The SMILES string of the molecule is C#CCn1c(C(F)(F)F)c(C[C@@]2(C(=O)O)[C@@H](c3cccc(C(C)(C)C)c3)C2(C)C)sc1=O. The van der Waals surface area contributed by atoms with Gasteiger partial charge < -0.3 is 5.11 Å². The van der Waals surface area contributed by atoms with Crippen molar-refractivity contribution in [1.29, 1.82) is 0 Å². The lowest BCUT2D eigenvalue weighted by Crippen LogP contribution is -2.26. The minimum absolute atomic E-state index is 0.170. The first-order chi connectivity index (χ1) is 14.6. The number of halogens is 3. The summed E-state index contributed by atoms with van der Waals surface area (Å²) in [5.74, 6) is 0.396. The molecule has 1 aliphatic carbocycles. The Balaban J connectivity index is 2.15. The van der Waals surface area contributed by atoms with Gasteiger partial charge in [-0.2, -0.15) is 13.2 Å². The van der Waals surface area contributed by atoms with Gasteiger partial charge >= 0.3 is 17.0 Å². The second kappa shape index (κ2) is 7.51. The van der Waals surface area contributed by atoms with Crippen LogP contribution in [0.2, 0.25) is 0 Å². The van der Waals surface area contributed by atoms with E-state index in [-0.39, 0.29) is 10.3 Å². The van der Waals surface area contributed by atoms with Crippen LogP contribution in [-0.2, 0) is 29.4 Å². The van der Waals surface area contributed by atoms with E-state index >= 15 is 0 Å². The summed E-state index contributed by atoms with van der Waals surface area (Å²) in [7, 11) is 0. The van der Waals surface area contributed by atoms with E-state index in [2.05, 4.69) is 5.92 Å². The van der Waals surface area contributed by atoms with Crippen LogP contribution in [0.3, 0.4) is 0 Å². The zero-order chi connectivity index (χ0) is 24.3. The predicted molar refractivity (Wildman–Crippen MR) is 118 cm³/mol. The van der Waals surface area contributed by atoms with Crippen LogP contribution < -0.4 is 4.87 Å². The largest absolute Gasteiger partial charge is 0.481 e. The van der Waals surface area contributed by atoms with Gasteiger partial charge in [0.25, 0.3) is 0 Å². The van der Waals surface area contributed by atoms with Gasteiger partial charge in [-0.3, -0.25) is 14.2 Å². The third-order valence-corrected chi connectivity index (χ3v) is 7.65. The smallest absolute Gasteiger partial charge is 0.432 e. The van der Waals surface area contributed by atoms with Gasteiger partial charge in [0.05, 0.1) is 12.0 Å². The number of thiazole rings is 1. The van der Waals surface area contributed by atoms with Gasteiger partial charge in [0.1, 0.15) is 5.69 Å². The van der Waals surface area contributed by atoms with E-state index in [4.69, 9.17) is 6.42 Å². The second-order valence-electron chi connectivity index (χ2n) is 9.91. The van der Waals surface area contributed by atoms with Crippen LogP contribution in [0.25, 0.3) is 0 Å². The first kappa shape index (κ1) is 24.1. The fourth-order valence-electron chi connectivity index (χ4n) is 4.91. The van der Waals surface area contributed by atoms with Crippen LogP contribution in [0, 0.1) is 23.2 Å². The van der Waals surface area contributed by atoms with Crippen molar-refractivity contribution in [3.8, 4) is 12.3 Å². The molecule has 1 aliphatic rings. The lowest BCUT2D eigenvalue weighted by atomic mass is 9.85. The zero-order valence-electron chi connectivity index (χ0n) is 18.6. The summed E-state index contributed by atoms with van der Waals surface area (Å²) in [4.78, 5) is 23.7. The standard InChI is InChI=1S/C24H26F3NO3S/c1-7-11-28-18(24(25,26)27)16(32-20(28)31)13-23(19(29)30)17(22(23,5)6)14-9-8-10-15(12-14)21(2,3)4/h1,8-10,12,17H,11,13H2,2-6H3,(H,29,30)/t17-,23-/m0/s1. The number of aromatic nitrogens is 1. The average Bonchev–Trinajstić information content (AvgIpc) is 2.96. The van der Waals surface area contributed by atoms with Crippen molar-refractivity contribution in [1.82, 2.24) is 4.57 Å². The van der Waals surface area contributed by atoms with Crippen LogP contribution in [0.4, 0.5) is 13.2 Å². The summed E-state index contributed by atoms with van der Waals surface area (Å²) in [6.45, 7) is 9.10. The van der Waals surface area contributed by atoms with Crippen molar-refractivity contribution in [3.05, 3.63) is 55.6 Å². The van der Waals surface area contributed by atoms with Crippen LogP contribution in [0.5, 0.6) is 0 Å². The van der Waals surface area contributed by atoms with Gasteiger partial charge in [0.15, 0.2) is 0 Å². The Bertz CT molecular complexity index is 1160. The summed E-state index contributed by atoms with van der Waals surface area (Å²) in [5, 5.41) is 10.2. The maximum atomic E-state index is 13.9. The number of nitrogens with zero attached hydrogens (tertiary/aromatic N) is 1. The maximum Gasteiger partial charge on any atom is 0.432 e. The lowest BCUT2D eigenvalue weighted by Gasteiger charge is -2.20. The number of benzene rings is 1. The number of hydrogen-bond acceptors (Lipinski definition) is 3. The molecule has 4 nitrogen and oxygen atoms in total. The molecular weight excluding hydrogens is 439 g/mol. The number of carboxylic acids is 1. The Labute approximate surface area is 189 Å². The molecule has 3 rings (SSSR count). The Kier molecular flexibility index (Phi) is 5.66. The molecule has 0 amide bonds. The molecule has 0 unspecified atom stereocenters. The second-order valence-corrected chi connectivity index (χ2v) is 11.0. The van der Waals surface area contributed by atoms with Gasteiger partial charge in [0, 0.05) is 17.2 Å². The number of rotatable bonds is 5. The fraction of sp³-hybridized carbons (Fsp3) is 0.500. The molecule has 2 aromatic rings. The van der Waals surface area contributed by atoms with Crippen LogP contribution in [0.15, 0.2) is 29.1 Å². The first-order valence-electron chi connectivity index (χ1n) is 10.2. The molecular formula is C24H26F3NO3S. The van der Waals surface area contributed by atoms with Crippen molar-refractivity contribution in [2.75, 3.05) is 0 Å². The Hall–Kier alpha value is -2.53. The quantitative estimate of drug-likeness (QED) is 0.610. The number of aliphatic carboxylic acids is 1. The van der Waals surface area contributed by atoms with Gasteiger partial charge in [-0.1, -0.05) is 76.1 Å². The molecule has 0 bridgehead atoms. The third kappa shape index (κ3) is 3.66. The van der Waals surface area contributed by atoms with Crippen LogP contribution >= 0.6 is 11.3 Å². The molecule has 0 saturated heterocycles. The van der Waals surface area contributed by atoms with E-state index < -0.39 is 52.4 Å². The van der Waals surface area contributed by atoms with E-state index in [9.17, 15) is 27.9 Å². The van der Waals surface area contributed by atoms with Crippen molar-refractivity contribution < 1.29 is 23.1 Å². The van der Waals surface area contributed by atoms with E-state index in [1.54, 1.807) is 13.8 Å². The number of terminal acetylenes is 1. The minimum Gasteiger partial charge on any atom is -0.481 e. The van der Waals surface area contributed by atoms with Crippen LogP contribution in [0.1, 0.15) is 62.2 Å². The number of hydrogen-bond donors (Lipinski definition) is 1. The summed E-state index contributed by atoms with van der Waals surface area (Å²) in [6.07, 6.45) is -0.0619. The third-order valence-electron chi connectivity index (χ3n) is 6.67. The molecule has 1 aromatic carbocycles. The number of carboxylic acid groups (broad SMARTS) is 1. The van der Waals surface area contributed by atoms with E-state index in [0.717, 1.165) is 11.1 Å². The maximum absolute atomic E-state index is 13.9. The Morgan fingerprint density at radius 1 is 1.28 bits per heavy atom. The Morgan fingerprint density at radius 2 is 1.91 bits per heavy atom. The lowest BCUT2D eigenvalue weighted by molar-refractivity contribution is -0.147.